The molecule has 0 aliphatic rings. The summed E-state index contributed by atoms with van der Waals surface area (Å²) < 4.78 is 5.24. The van der Waals surface area contributed by atoms with E-state index in [-0.39, 0.29) is 0 Å². The Kier molecular flexibility index (Phi) is 3.30. The average molecular weight is 379 g/mol. The van der Waals surface area contributed by atoms with Gasteiger partial charge in [-0.15, -0.1) is 0 Å². The molecule has 0 fully saturated rings. The lowest BCUT2D eigenvalue weighted by Gasteiger charge is -1.99. The molecule has 8 heteroatoms. The van der Waals surface area contributed by atoms with Crippen molar-refractivity contribution in [1.82, 2.24) is 35.1 Å². The second kappa shape index (κ2) is 6.10. The van der Waals surface area contributed by atoms with E-state index in [1.54, 1.807) is 37.3 Å². The van der Waals surface area contributed by atoms with Crippen molar-refractivity contribution in [1.29, 1.82) is 0 Å². The molecule has 0 saturated carbocycles. The van der Waals surface area contributed by atoms with E-state index in [0.717, 1.165) is 50.0 Å². The first-order valence-electron chi connectivity index (χ1n) is 8.97. The molecule has 0 aliphatic heterocycles. The quantitative estimate of drug-likeness (QED) is 0.476. The maximum atomic E-state index is 5.24. The number of fused-ring (bicyclic) bond motifs is 2. The molecular weight excluding hydrogens is 366 g/mol. The van der Waals surface area contributed by atoms with Crippen LogP contribution < -0.4 is 0 Å². The number of H-pyrrole nitrogens is 2. The molecule has 6 heterocycles. The fraction of sp³-hybridized carbons (Fsp3) is 0. The maximum absolute atomic E-state index is 5.24. The van der Waals surface area contributed by atoms with E-state index in [1.165, 1.54) is 0 Å². The van der Waals surface area contributed by atoms with Gasteiger partial charge in [0.15, 0.2) is 0 Å². The molecule has 0 amide bonds. The second-order valence-electron chi connectivity index (χ2n) is 6.62. The Morgan fingerprint density at radius 2 is 1.83 bits per heavy atom. The summed E-state index contributed by atoms with van der Waals surface area (Å²) in [7, 11) is 0. The van der Waals surface area contributed by atoms with Gasteiger partial charge < -0.3 is 9.40 Å². The summed E-state index contributed by atoms with van der Waals surface area (Å²) in [5, 5.41) is 9.57. The number of nitrogens with one attached hydrogen (secondary N) is 2. The van der Waals surface area contributed by atoms with E-state index in [0.29, 0.717) is 5.69 Å². The first-order valence-corrected chi connectivity index (χ1v) is 8.97. The van der Waals surface area contributed by atoms with Crippen molar-refractivity contribution in [3.05, 3.63) is 67.9 Å². The van der Waals surface area contributed by atoms with Crippen LogP contribution in [0.4, 0.5) is 0 Å². The van der Waals surface area contributed by atoms with E-state index in [2.05, 4.69) is 41.2 Å². The zero-order valence-corrected chi connectivity index (χ0v) is 15.0. The van der Waals surface area contributed by atoms with Gasteiger partial charge in [-0.1, -0.05) is 0 Å². The van der Waals surface area contributed by atoms with Crippen LogP contribution in [-0.4, -0.2) is 35.1 Å². The van der Waals surface area contributed by atoms with Gasteiger partial charge in [0.25, 0.3) is 0 Å². The largest absolute Gasteiger partial charge is 0.472 e. The topological polar surface area (TPSA) is 109 Å². The zero-order chi connectivity index (χ0) is 19.2. The van der Waals surface area contributed by atoms with Crippen molar-refractivity contribution in [2.24, 2.45) is 0 Å². The minimum Gasteiger partial charge on any atom is -0.472 e. The Labute approximate surface area is 163 Å². The molecule has 0 unspecified atom stereocenters. The van der Waals surface area contributed by atoms with Gasteiger partial charge in [-0.2, -0.15) is 5.10 Å². The minimum atomic E-state index is 0.713. The second-order valence-corrected chi connectivity index (χ2v) is 6.62. The van der Waals surface area contributed by atoms with E-state index in [9.17, 15) is 0 Å². The number of furan rings is 1. The van der Waals surface area contributed by atoms with Crippen LogP contribution in [0.2, 0.25) is 0 Å². The SMILES string of the molecule is c1cnc(-c2cc3c(-c4cc5c(-c6ccoc6)cncc5[nH]4)n[nH]c3cn2)cn1. The molecule has 2 N–H and O–H groups in total. The van der Waals surface area contributed by atoms with Crippen molar-refractivity contribution in [3.63, 3.8) is 0 Å². The van der Waals surface area contributed by atoms with E-state index >= 15 is 0 Å². The summed E-state index contributed by atoms with van der Waals surface area (Å²) >= 11 is 0. The molecule has 138 valence electrons. The molecule has 0 atom stereocenters. The Balaban J connectivity index is 1.53. The van der Waals surface area contributed by atoms with Crippen LogP contribution in [0, 0.1) is 0 Å². The van der Waals surface area contributed by atoms with Gasteiger partial charge in [-0.05, 0) is 18.2 Å². The number of hydrogen-bond donors (Lipinski definition) is 2. The van der Waals surface area contributed by atoms with Crippen LogP contribution in [0.3, 0.4) is 0 Å². The van der Waals surface area contributed by atoms with Gasteiger partial charge in [0.1, 0.15) is 11.4 Å². The molecule has 6 aromatic heterocycles. The van der Waals surface area contributed by atoms with Crippen LogP contribution in [0.25, 0.3) is 55.7 Å². The Bertz CT molecular complexity index is 1450. The third-order valence-electron chi connectivity index (χ3n) is 4.91. The van der Waals surface area contributed by atoms with Crippen molar-refractivity contribution in [2.45, 2.75) is 0 Å². The van der Waals surface area contributed by atoms with Gasteiger partial charge in [0.2, 0.25) is 0 Å². The van der Waals surface area contributed by atoms with E-state index in [4.69, 9.17) is 4.42 Å². The zero-order valence-electron chi connectivity index (χ0n) is 15.0. The fourth-order valence-electron chi connectivity index (χ4n) is 3.52. The fourth-order valence-corrected chi connectivity index (χ4v) is 3.52. The lowest BCUT2D eigenvalue weighted by Crippen LogP contribution is -1.88. The predicted molar refractivity (Wildman–Crippen MR) is 108 cm³/mol. The highest BCUT2D eigenvalue weighted by Gasteiger charge is 2.15. The van der Waals surface area contributed by atoms with Crippen molar-refractivity contribution >= 4 is 21.8 Å². The minimum absolute atomic E-state index is 0.713. The number of aromatic amines is 2. The molecule has 0 saturated heterocycles. The van der Waals surface area contributed by atoms with Gasteiger partial charge in [0.05, 0.1) is 53.5 Å². The van der Waals surface area contributed by atoms with Crippen LogP contribution in [0.5, 0.6) is 0 Å². The lowest BCUT2D eigenvalue weighted by atomic mass is 10.1. The highest BCUT2D eigenvalue weighted by atomic mass is 16.3. The van der Waals surface area contributed by atoms with Crippen molar-refractivity contribution in [3.8, 4) is 33.9 Å². The van der Waals surface area contributed by atoms with Gasteiger partial charge in [0, 0.05) is 40.5 Å². The molecule has 29 heavy (non-hydrogen) atoms. The van der Waals surface area contributed by atoms with Crippen LogP contribution in [0.1, 0.15) is 0 Å². The van der Waals surface area contributed by atoms with Crippen LogP contribution in [0.15, 0.2) is 72.3 Å². The van der Waals surface area contributed by atoms with Crippen molar-refractivity contribution < 1.29 is 4.42 Å². The average Bonchev–Trinajstić information content (AvgIpc) is 3.52. The Morgan fingerprint density at radius 1 is 0.828 bits per heavy atom. The molecule has 0 aliphatic carbocycles. The normalized spacial score (nSPS) is 11.4. The number of rotatable bonds is 3. The van der Waals surface area contributed by atoms with Gasteiger partial charge in [-0.3, -0.25) is 25.0 Å². The molecule has 0 bridgehead atoms. The summed E-state index contributed by atoms with van der Waals surface area (Å²) in [6.07, 6.45) is 13.8. The Hall–Kier alpha value is -4.33. The van der Waals surface area contributed by atoms with E-state index in [1.807, 2.05) is 24.5 Å². The van der Waals surface area contributed by atoms with Gasteiger partial charge in [-0.25, -0.2) is 0 Å². The first-order chi connectivity index (χ1) is 14.4. The summed E-state index contributed by atoms with van der Waals surface area (Å²) in [6, 6.07) is 5.97. The molecule has 6 rings (SSSR count). The standard InChI is InChI=1S/C21H13N7O/c1-4-29-11-12(1)15-7-23-8-18-13(15)5-17(26-18)21-14-6-16(20-9-22-2-3-24-20)25-10-19(14)27-28-21/h1-11,26H,(H,27,28). The summed E-state index contributed by atoms with van der Waals surface area (Å²) in [4.78, 5) is 20.7. The molecule has 0 radical (unpaired) electrons. The highest BCUT2D eigenvalue weighted by molar-refractivity contribution is 6.00. The van der Waals surface area contributed by atoms with Crippen LogP contribution >= 0.6 is 0 Å². The number of pyridine rings is 2. The summed E-state index contributed by atoms with van der Waals surface area (Å²) in [5.74, 6) is 0. The Morgan fingerprint density at radius 3 is 2.69 bits per heavy atom. The smallest absolute Gasteiger partial charge is 0.116 e. The number of hydrogen-bond acceptors (Lipinski definition) is 6. The molecule has 0 spiro atoms. The third kappa shape index (κ3) is 2.50. The molecule has 0 aromatic carbocycles. The summed E-state index contributed by atoms with van der Waals surface area (Å²) in [6.45, 7) is 0. The highest BCUT2D eigenvalue weighted by Crippen LogP contribution is 2.34. The molecule has 6 aromatic rings. The monoisotopic (exact) mass is 379 g/mol. The summed E-state index contributed by atoms with van der Waals surface area (Å²) in [5.41, 5.74) is 6.91. The molecular formula is C21H13N7O. The van der Waals surface area contributed by atoms with Crippen LogP contribution in [-0.2, 0) is 0 Å². The number of nitrogens with zero attached hydrogens (tertiary/aromatic N) is 5. The lowest BCUT2D eigenvalue weighted by molar-refractivity contribution is 0.568. The molecule has 8 nitrogen and oxygen atoms in total. The third-order valence-corrected chi connectivity index (χ3v) is 4.91. The number of aromatic nitrogens is 7. The van der Waals surface area contributed by atoms with Gasteiger partial charge >= 0.3 is 0 Å². The maximum Gasteiger partial charge on any atom is 0.116 e. The van der Waals surface area contributed by atoms with E-state index < -0.39 is 0 Å². The predicted octanol–water partition coefficient (Wildman–Crippen LogP) is 4.22. The first kappa shape index (κ1) is 15.7. The van der Waals surface area contributed by atoms with Crippen molar-refractivity contribution in [2.75, 3.05) is 0 Å².